The molecule has 2 heterocycles. The zero-order valence-electron chi connectivity index (χ0n) is 20.4. The van der Waals surface area contributed by atoms with E-state index in [2.05, 4.69) is 22.3 Å². The van der Waals surface area contributed by atoms with Crippen LogP contribution in [0.15, 0.2) is 29.7 Å². The maximum absolute atomic E-state index is 11.7. The van der Waals surface area contributed by atoms with E-state index in [1.165, 1.54) is 0 Å². The number of rotatable bonds is 8. The average Bonchev–Trinajstić information content (AvgIpc) is 3.17. The number of hydrogen-bond donors (Lipinski definition) is 2. The molecule has 2 aliphatic rings. The first-order chi connectivity index (χ1) is 16.9. The number of carbonyl (C=O) groups excluding carboxylic acids is 1. The summed E-state index contributed by atoms with van der Waals surface area (Å²) in [7, 11) is 1.93. The second-order valence-electron chi connectivity index (χ2n) is 9.13. The van der Waals surface area contributed by atoms with Gasteiger partial charge in [0.2, 0.25) is 11.8 Å². The summed E-state index contributed by atoms with van der Waals surface area (Å²) in [6.07, 6.45) is 3.83. The molecule has 2 aromatic rings. The van der Waals surface area contributed by atoms with Crippen molar-refractivity contribution >= 4 is 11.7 Å². The smallest absolute Gasteiger partial charge is 0.305 e. The second-order valence-corrected chi connectivity index (χ2v) is 9.13. The first-order valence-electron chi connectivity index (χ1n) is 11.9. The number of benzene rings is 1. The fourth-order valence-electron chi connectivity index (χ4n) is 5.28. The molecular formula is C26H30N6O3. The predicted octanol–water partition coefficient (Wildman–Crippen LogP) is 3.54. The Balaban J connectivity index is 1.82. The normalized spacial score (nSPS) is 19.1. The Hall–Kier alpha value is -3.98. The average molecular weight is 475 g/mol. The topological polar surface area (TPSA) is 141 Å². The van der Waals surface area contributed by atoms with Crippen LogP contribution in [-0.4, -0.2) is 36.4 Å². The molecule has 0 radical (unpaired) electrons. The standard InChI is InChI=1S/C26H30N6O3/c1-4-34-22(33)9-6-10-32(3)20-12-17(14-27)11-19(13-20)26(18-7-5-8-18)21(15-28)24(29)35-25-23(26)16(2)30-31-25/h11-13,18H,4-10,29H2,1-3H3,(H,30,31). The van der Waals surface area contributed by atoms with Crippen molar-refractivity contribution in [2.45, 2.75) is 51.4 Å². The summed E-state index contributed by atoms with van der Waals surface area (Å²) in [5, 5.41) is 27.5. The number of allylic oxidation sites excluding steroid dienone is 1. The number of carbonyl (C=O) groups is 1. The summed E-state index contributed by atoms with van der Waals surface area (Å²) in [6.45, 7) is 4.67. The van der Waals surface area contributed by atoms with E-state index in [0.29, 0.717) is 43.0 Å². The van der Waals surface area contributed by atoms with E-state index in [4.69, 9.17) is 15.2 Å². The number of fused-ring (bicyclic) bond motifs is 1. The number of H-pyrrole nitrogens is 1. The van der Waals surface area contributed by atoms with E-state index in [1.807, 2.05) is 37.1 Å². The quantitative estimate of drug-likeness (QED) is 0.553. The van der Waals surface area contributed by atoms with Crippen LogP contribution in [0.4, 0.5) is 5.69 Å². The summed E-state index contributed by atoms with van der Waals surface area (Å²) in [4.78, 5) is 13.8. The van der Waals surface area contributed by atoms with Crippen LogP contribution in [0.2, 0.25) is 0 Å². The summed E-state index contributed by atoms with van der Waals surface area (Å²) >= 11 is 0. The molecule has 0 bridgehead atoms. The summed E-state index contributed by atoms with van der Waals surface area (Å²) in [5.41, 5.74) is 9.52. The third-order valence-corrected chi connectivity index (χ3v) is 7.11. The van der Waals surface area contributed by atoms with Crippen LogP contribution in [0.25, 0.3) is 0 Å². The molecule has 9 nitrogen and oxygen atoms in total. The van der Waals surface area contributed by atoms with Crippen molar-refractivity contribution in [3.05, 3.63) is 52.0 Å². The van der Waals surface area contributed by atoms with Gasteiger partial charge in [0.25, 0.3) is 0 Å². The number of hydrogen-bond acceptors (Lipinski definition) is 8. The van der Waals surface area contributed by atoms with Crippen LogP contribution in [0.5, 0.6) is 5.88 Å². The van der Waals surface area contributed by atoms with Gasteiger partial charge in [0.05, 0.1) is 29.2 Å². The van der Waals surface area contributed by atoms with Gasteiger partial charge in [-0.3, -0.25) is 9.89 Å². The number of aromatic nitrogens is 2. The number of aryl methyl sites for hydroxylation is 1. The first-order valence-corrected chi connectivity index (χ1v) is 11.9. The van der Waals surface area contributed by atoms with Crippen molar-refractivity contribution in [3.63, 3.8) is 0 Å². The monoisotopic (exact) mass is 474 g/mol. The largest absolute Gasteiger partial charge is 0.466 e. The van der Waals surface area contributed by atoms with Crippen LogP contribution in [0, 0.1) is 35.5 Å². The third kappa shape index (κ3) is 4.08. The van der Waals surface area contributed by atoms with Gasteiger partial charge < -0.3 is 20.1 Å². The van der Waals surface area contributed by atoms with E-state index < -0.39 is 5.41 Å². The molecule has 1 aliphatic carbocycles. The lowest BCUT2D eigenvalue weighted by Gasteiger charge is -2.47. The molecule has 9 heteroatoms. The van der Waals surface area contributed by atoms with E-state index in [0.717, 1.165) is 41.8 Å². The van der Waals surface area contributed by atoms with E-state index in [-0.39, 0.29) is 17.8 Å². The number of nitrogens with one attached hydrogen (secondary N) is 1. The minimum absolute atomic E-state index is 0.0464. The number of nitrogens with zero attached hydrogens (tertiary/aromatic N) is 4. The van der Waals surface area contributed by atoms with E-state index in [1.54, 1.807) is 6.92 Å². The minimum Gasteiger partial charge on any atom is -0.466 e. The zero-order chi connectivity index (χ0) is 25.2. The predicted molar refractivity (Wildman–Crippen MR) is 129 cm³/mol. The molecule has 3 N–H and O–H groups in total. The number of nitrogens with two attached hydrogens (primary N) is 1. The molecule has 4 rings (SSSR count). The highest BCUT2D eigenvalue weighted by Gasteiger charge is 2.55. The molecule has 1 aromatic heterocycles. The van der Waals surface area contributed by atoms with Gasteiger partial charge in [-0.15, -0.1) is 5.10 Å². The maximum Gasteiger partial charge on any atom is 0.305 e. The Labute approximate surface area is 205 Å². The lowest BCUT2D eigenvalue weighted by molar-refractivity contribution is -0.143. The number of esters is 1. The molecule has 0 amide bonds. The van der Waals surface area contributed by atoms with Gasteiger partial charge in [-0.1, -0.05) is 6.42 Å². The highest BCUT2D eigenvalue weighted by atomic mass is 16.5. The van der Waals surface area contributed by atoms with Crippen LogP contribution in [-0.2, 0) is 14.9 Å². The maximum atomic E-state index is 11.7. The van der Waals surface area contributed by atoms with Gasteiger partial charge in [-0.2, -0.15) is 10.5 Å². The van der Waals surface area contributed by atoms with Crippen LogP contribution >= 0.6 is 0 Å². The lowest BCUT2D eigenvalue weighted by atomic mass is 9.55. The molecular weight excluding hydrogens is 444 g/mol. The fourth-order valence-corrected chi connectivity index (χ4v) is 5.28. The number of anilines is 1. The number of nitriles is 2. The Morgan fingerprint density at radius 2 is 2.11 bits per heavy atom. The van der Waals surface area contributed by atoms with Crippen molar-refractivity contribution in [2.24, 2.45) is 11.7 Å². The highest BCUT2D eigenvalue weighted by Crippen LogP contribution is 2.58. The van der Waals surface area contributed by atoms with Gasteiger partial charge in [0.1, 0.15) is 11.6 Å². The Bertz CT molecular complexity index is 1250. The molecule has 1 unspecified atom stereocenters. The molecule has 1 fully saturated rings. The molecule has 1 aliphatic heterocycles. The van der Waals surface area contributed by atoms with Gasteiger partial charge in [0, 0.05) is 31.4 Å². The molecule has 35 heavy (non-hydrogen) atoms. The Kier molecular flexibility index (Phi) is 6.70. The minimum atomic E-state index is -0.866. The molecule has 0 saturated heterocycles. The number of ether oxygens (including phenoxy) is 2. The van der Waals surface area contributed by atoms with Crippen molar-refractivity contribution in [1.29, 1.82) is 10.5 Å². The first kappa shape index (κ1) is 24.2. The summed E-state index contributed by atoms with van der Waals surface area (Å²) in [5.74, 6) is 0.314. The Morgan fingerprint density at radius 1 is 1.34 bits per heavy atom. The van der Waals surface area contributed by atoms with Crippen molar-refractivity contribution in [3.8, 4) is 18.0 Å². The number of aromatic amines is 1. The SMILES string of the molecule is CCOC(=O)CCCN(C)c1cc(C#N)cc(C2(C3CCC3)C(C#N)=C(N)Oc3n[nH]c(C)c32)c1. The molecule has 1 aromatic carbocycles. The lowest BCUT2D eigenvalue weighted by Crippen LogP contribution is -2.46. The van der Waals surface area contributed by atoms with Crippen molar-refractivity contribution in [1.82, 2.24) is 10.2 Å². The third-order valence-electron chi connectivity index (χ3n) is 7.11. The van der Waals surface area contributed by atoms with Crippen LogP contribution in [0.1, 0.15) is 61.4 Å². The molecule has 1 atom stereocenters. The van der Waals surface area contributed by atoms with Crippen molar-refractivity contribution in [2.75, 3.05) is 25.1 Å². The molecule has 0 spiro atoms. The fraction of sp³-hybridized carbons (Fsp3) is 0.462. The summed E-state index contributed by atoms with van der Waals surface area (Å²) in [6, 6.07) is 10.3. The van der Waals surface area contributed by atoms with Gasteiger partial charge >= 0.3 is 5.97 Å². The van der Waals surface area contributed by atoms with E-state index in [9.17, 15) is 15.3 Å². The molecule has 182 valence electrons. The van der Waals surface area contributed by atoms with Gasteiger partial charge in [-0.25, -0.2) is 0 Å². The van der Waals surface area contributed by atoms with Crippen molar-refractivity contribution < 1.29 is 14.3 Å². The Morgan fingerprint density at radius 3 is 2.74 bits per heavy atom. The highest BCUT2D eigenvalue weighted by molar-refractivity contribution is 5.69. The van der Waals surface area contributed by atoms with Gasteiger partial charge in [0.15, 0.2) is 0 Å². The zero-order valence-corrected chi connectivity index (χ0v) is 20.4. The summed E-state index contributed by atoms with van der Waals surface area (Å²) < 4.78 is 10.8. The van der Waals surface area contributed by atoms with Crippen LogP contribution in [0.3, 0.4) is 0 Å². The second kappa shape index (κ2) is 9.71. The van der Waals surface area contributed by atoms with Crippen LogP contribution < -0.4 is 15.4 Å². The molecule has 1 saturated carbocycles. The van der Waals surface area contributed by atoms with Gasteiger partial charge in [-0.05, 0) is 62.8 Å². The van der Waals surface area contributed by atoms with E-state index >= 15 is 0 Å².